The Hall–Kier alpha value is -4.96. The van der Waals surface area contributed by atoms with Crippen molar-refractivity contribution in [2.45, 2.75) is 6.92 Å². The zero-order valence-corrected chi connectivity index (χ0v) is 22.9. The van der Waals surface area contributed by atoms with E-state index in [0.29, 0.717) is 70.7 Å². The molecule has 0 bridgehead atoms. The summed E-state index contributed by atoms with van der Waals surface area (Å²) in [6.45, 7) is 4.55. The summed E-state index contributed by atoms with van der Waals surface area (Å²) in [6, 6.07) is 19.9. The van der Waals surface area contributed by atoms with Gasteiger partial charge in [0.2, 0.25) is 5.91 Å². The standard InChI is InChI=1S/C31H31N5O5/c1-19-16-24-25(17-23(19)31(40)41-2)35-30(39)27(24)28(20-6-4-3-5-7-20)34-22-10-8-21(9-11-22)29(38)33-13-15-36-14-12-32-26(37)18-36/h3-11,16-17,35,39H,12-15,18H2,1-2H3,(H,32,37)(H,33,38). The number of hydrogen-bond donors (Lipinski definition) is 4. The number of esters is 1. The number of carbonyl (C=O) groups is 3. The lowest BCUT2D eigenvalue weighted by molar-refractivity contribution is -0.124. The highest BCUT2D eigenvalue weighted by molar-refractivity contribution is 6.22. The van der Waals surface area contributed by atoms with Crippen LogP contribution in [-0.2, 0) is 9.53 Å². The van der Waals surface area contributed by atoms with Gasteiger partial charge >= 0.3 is 5.97 Å². The minimum Gasteiger partial charge on any atom is -0.494 e. The zero-order chi connectivity index (χ0) is 28.9. The van der Waals surface area contributed by atoms with E-state index in [0.717, 1.165) is 12.1 Å². The van der Waals surface area contributed by atoms with Crippen LogP contribution in [0.1, 0.15) is 37.4 Å². The molecule has 1 aromatic heterocycles. The van der Waals surface area contributed by atoms with Gasteiger partial charge < -0.3 is 25.5 Å². The molecule has 0 aliphatic carbocycles. The molecule has 1 fully saturated rings. The van der Waals surface area contributed by atoms with Gasteiger partial charge in [0.25, 0.3) is 5.91 Å². The van der Waals surface area contributed by atoms with Crippen LogP contribution < -0.4 is 10.6 Å². The van der Waals surface area contributed by atoms with Gasteiger partial charge in [0.15, 0.2) is 5.88 Å². The molecule has 5 rings (SSSR count). The molecule has 10 heteroatoms. The van der Waals surface area contributed by atoms with Crippen molar-refractivity contribution in [3.8, 4) is 5.88 Å². The molecule has 4 aromatic rings. The lowest BCUT2D eigenvalue weighted by atomic mass is 9.98. The van der Waals surface area contributed by atoms with Gasteiger partial charge in [-0.15, -0.1) is 0 Å². The van der Waals surface area contributed by atoms with Crippen molar-refractivity contribution < 1.29 is 24.2 Å². The minimum atomic E-state index is -0.458. The highest BCUT2D eigenvalue weighted by Gasteiger charge is 2.21. The molecule has 0 unspecified atom stereocenters. The van der Waals surface area contributed by atoms with Crippen LogP contribution in [0.3, 0.4) is 0 Å². The molecule has 41 heavy (non-hydrogen) atoms. The third-order valence-electron chi connectivity index (χ3n) is 7.01. The molecule has 0 saturated carbocycles. The Kier molecular flexibility index (Phi) is 8.11. The van der Waals surface area contributed by atoms with Gasteiger partial charge in [-0.25, -0.2) is 9.79 Å². The average molecular weight is 554 g/mol. The SMILES string of the molecule is COC(=O)c1cc2[nH]c(O)c(C(=Nc3ccc(C(=O)NCCN4CCNC(=O)C4)cc3)c3ccccc3)c2cc1C. The monoisotopic (exact) mass is 553 g/mol. The molecule has 0 spiro atoms. The first-order valence-corrected chi connectivity index (χ1v) is 13.3. The van der Waals surface area contributed by atoms with Gasteiger partial charge in [-0.1, -0.05) is 30.3 Å². The predicted molar refractivity (Wildman–Crippen MR) is 156 cm³/mol. The molecule has 4 N–H and O–H groups in total. The summed E-state index contributed by atoms with van der Waals surface area (Å²) < 4.78 is 4.89. The van der Waals surface area contributed by atoms with Gasteiger partial charge in [-0.2, -0.15) is 0 Å². The Morgan fingerprint density at radius 3 is 2.54 bits per heavy atom. The van der Waals surface area contributed by atoms with E-state index in [-0.39, 0.29) is 17.7 Å². The van der Waals surface area contributed by atoms with E-state index in [1.54, 1.807) is 30.3 Å². The largest absolute Gasteiger partial charge is 0.494 e. The lowest BCUT2D eigenvalue weighted by Gasteiger charge is -2.26. The number of amides is 2. The summed E-state index contributed by atoms with van der Waals surface area (Å²) in [5.74, 6) is -0.752. The maximum absolute atomic E-state index is 12.7. The van der Waals surface area contributed by atoms with E-state index in [9.17, 15) is 19.5 Å². The van der Waals surface area contributed by atoms with Crippen molar-refractivity contribution in [1.29, 1.82) is 0 Å². The lowest BCUT2D eigenvalue weighted by Crippen LogP contribution is -2.49. The van der Waals surface area contributed by atoms with Crippen LogP contribution in [0.4, 0.5) is 5.69 Å². The van der Waals surface area contributed by atoms with Crippen LogP contribution in [0, 0.1) is 6.92 Å². The average Bonchev–Trinajstić information content (AvgIpc) is 3.29. The van der Waals surface area contributed by atoms with Crippen LogP contribution in [-0.4, -0.2) is 78.3 Å². The second-order valence-corrected chi connectivity index (χ2v) is 9.81. The second kappa shape index (κ2) is 12.1. The van der Waals surface area contributed by atoms with Gasteiger partial charge in [0, 0.05) is 48.2 Å². The Morgan fingerprint density at radius 1 is 1.07 bits per heavy atom. The number of piperazine rings is 1. The van der Waals surface area contributed by atoms with Crippen LogP contribution in [0.2, 0.25) is 0 Å². The second-order valence-electron chi connectivity index (χ2n) is 9.81. The zero-order valence-electron chi connectivity index (χ0n) is 22.9. The van der Waals surface area contributed by atoms with Gasteiger partial charge in [0.1, 0.15) is 0 Å². The number of nitrogens with zero attached hydrogens (tertiary/aromatic N) is 2. The van der Waals surface area contributed by atoms with E-state index in [1.807, 2.05) is 48.2 Å². The van der Waals surface area contributed by atoms with Crippen LogP contribution in [0.25, 0.3) is 10.9 Å². The molecule has 210 valence electrons. The topological polar surface area (TPSA) is 136 Å². The first-order chi connectivity index (χ1) is 19.8. The molecular weight excluding hydrogens is 522 g/mol. The molecule has 10 nitrogen and oxygen atoms in total. The van der Waals surface area contributed by atoms with Crippen molar-refractivity contribution in [1.82, 2.24) is 20.5 Å². The summed E-state index contributed by atoms with van der Waals surface area (Å²) >= 11 is 0. The Morgan fingerprint density at radius 2 is 1.83 bits per heavy atom. The number of nitrogens with one attached hydrogen (secondary N) is 3. The van der Waals surface area contributed by atoms with Crippen molar-refractivity contribution in [3.05, 3.63) is 94.5 Å². The number of ether oxygens (including phenoxy) is 1. The molecule has 1 saturated heterocycles. The van der Waals surface area contributed by atoms with Crippen LogP contribution >= 0.6 is 0 Å². The van der Waals surface area contributed by atoms with E-state index >= 15 is 0 Å². The van der Waals surface area contributed by atoms with Crippen molar-refractivity contribution in [3.63, 3.8) is 0 Å². The quantitative estimate of drug-likeness (QED) is 0.195. The number of carbonyl (C=O) groups excluding carboxylic acids is 3. The first-order valence-electron chi connectivity index (χ1n) is 13.3. The van der Waals surface area contributed by atoms with E-state index in [2.05, 4.69) is 15.6 Å². The molecule has 3 aromatic carbocycles. The Balaban J connectivity index is 1.42. The van der Waals surface area contributed by atoms with Gasteiger partial charge in [0.05, 0.1) is 36.2 Å². The number of aliphatic imine (C=N–C) groups is 1. The first kappa shape index (κ1) is 27.6. The van der Waals surface area contributed by atoms with Crippen molar-refractivity contribution in [2.75, 3.05) is 39.8 Å². The summed E-state index contributed by atoms with van der Waals surface area (Å²) in [7, 11) is 1.33. The van der Waals surface area contributed by atoms with E-state index < -0.39 is 5.97 Å². The number of hydrogen-bond acceptors (Lipinski definition) is 7. The van der Waals surface area contributed by atoms with Crippen molar-refractivity contribution in [2.24, 2.45) is 4.99 Å². The fourth-order valence-electron chi connectivity index (χ4n) is 4.89. The highest BCUT2D eigenvalue weighted by atomic mass is 16.5. The number of aryl methyl sites for hydroxylation is 1. The van der Waals surface area contributed by atoms with Gasteiger partial charge in [-0.05, 0) is 48.9 Å². The summed E-state index contributed by atoms with van der Waals surface area (Å²) in [6.07, 6.45) is 0. The number of rotatable bonds is 8. The van der Waals surface area contributed by atoms with Crippen LogP contribution in [0.15, 0.2) is 71.7 Å². The molecule has 2 amide bonds. The number of aromatic nitrogens is 1. The third-order valence-corrected chi connectivity index (χ3v) is 7.01. The number of methoxy groups -OCH3 is 1. The molecule has 1 aliphatic rings. The maximum atomic E-state index is 12.7. The summed E-state index contributed by atoms with van der Waals surface area (Å²) in [5, 5.41) is 17.4. The molecular formula is C31H31N5O5. The molecule has 1 aliphatic heterocycles. The molecule has 0 radical (unpaired) electrons. The van der Waals surface area contributed by atoms with Gasteiger partial charge in [-0.3, -0.25) is 14.5 Å². The smallest absolute Gasteiger partial charge is 0.338 e. The number of fused-ring (bicyclic) bond motifs is 1. The maximum Gasteiger partial charge on any atom is 0.338 e. The van der Waals surface area contributed by atoms with E-state index in [1.165, 1.54) is 7.11 Å². The molecule has 0 atom stereocenters. The van der Waals surface area contributed by atoms with Crippen molar-refractivity contribution >= 4 is 40.1 Å². The van der Waals surface area contributed by atoms with E-state index in [4.69, 9.17) is 9.73 Å². The number of H-pyrrole nitrogens is 1. The van der Waals surface area contributed by atoms with Crippen LogP contribution in [0.5, 0.6) is 5.88 Å². The Bertz CT molecular complexity index is 1630. The normalized spacial score (nSPS) is 14.1. The molecule has 2 heterocycles. The number of benzene rings is 3. The highest BCUT2D eigenvalue weighted by Crippen LogP contribution is 2.33. The number of aromatic hydroxyl groups is 1. The number of aromatic amines is 1. The fourth-order valence-corrected chi connectivity index (χ4v) is 4.89. The third kappa shape index (κ3) is 6.12. The fraction of sp³-hybridized carbons (Fsp3) is 0.226. The summed E-state index contributed by atoms with van der Waals surface area (Å²) in [5.41, 5.74) is 4.58. The predicted octanol–water partition coefficient (Wildman–Crippen LogP) is 3.30. The summed E-state index contributed by atoms with van der Waals surface area (Å²) in [4.78, 5) is 46.3. The Labute approximate surface area is 237 Å². The minimum absolute atomic E-state index is 0.00405.